The average Bonchev–Trinajstić information content (AvgIpc) is 2.97. The molecule has 1 saturated heterocycles. The summed E-state index contributed by atoms with van der Waals surface area (Å²) >= 11 is 0. The van der Waals surface area contributed by atoms with E-state index in [1.54, 1.807) is 24.3 Å². The van der Waals surface area contributed by atoms with E-state index >= 15 is 0 Å². The van der Waals surface area contributed by atoms with Crippen molar-refractivity contribution in [1.82, 2.24) is 10.0 Å². The summed E-state index contributed by atoms with van der Waals surface area (Å²) in [6, 6.07) is 14.3. The number of hydrogen-bond donors (Lipinski definition) is 2. The van der Waals surface area contributed by atoms with Crippen LogP contribution in [0.1, 0.15) is 25.0 Å². The van der Waals surface area contributed by atoms with Gasteiger partial charge in [0.25, 0.3) is 5.91 Å². The number of nitrogens with zero attached hydrogens (tertiary/aromatic N) is 1. The highest BCUT2D eigenvalue weighted by Crippen LogP contribution is 2.33. The second kappa shape index (κ2) is 9.00. The summed E-state index contributed by atoms with van der Waals surface area (Å²) in [4.78, 5) is 23.5. The van der Waals surface area contributed by atoms with Crippen molar-refractivity contribution in [1.29, 1.82) is 0 Å². The Balaban J connectivity index is 1.90. The first-order valence-corrected chi connectivity index (χ1v) is 10.8. The van der Waals surface area contributed by atoms with Crippen LogP contribution in [-0.4, -0.2) is 32.8 Å². The fourth-order valence-electron chi connectivity index (χ4n) is 2.86. The van der Waals surface area contributed by atoms with Crippen LogP contribution in [0.4, 0.5) is 5.69 Å². The SMILES string of the molecule is CC(C)NC(=O)C=Cc1ccc(N2CC(=O)NS2(=O)=O)c(OCc2ccccc2)c1. The molecule has 2 aromatic carbocycles. The number of nitrogens with one attached hydrogen (secondary N) is 2. The molecule has 158 valence electrons. The zero-order valence-electron chi connectivity index (χ0n) is 16.7. The maximum Gasteiger partial charge on any atom is 0.326 e. The maximum absolute atomic E-state index is 12.3. The molecule has 2 N–H and O–H groups in total. The molecule has 0 atom stereocenters. The molecule has 0 aromatic heterocycles. The Labute approximate surface area is 175 Å². The molecule has 1 aliphatic rings. The Bertz CT molecular complexity index is 1070. The standard InChI is InChI=1S/C21H23N3O5S/c1-15(2)22-20(25)11-9-16-8-10-18(24-13-21(26)23-30(24,27)28)19(12-16)29-14-17-6-4-3-5-7-17/h3-12,15H,13-14H2,1-2H3,(H,22,25)(H,23,26). The molecule has 8 nitrogen and oxygen atoms in total. The van der Waals surface area contributed by atoms with E-state index in [2.05, 4.69) is 5.32 Å². The van der Waals surface area contributed by atoms with Crippen LogP contribution >= 0.6 is 0 Å². The highest BCUT2D eigenvalue weighted by Gasteiger charge is 2.35. The van der Waals surface area contributed by atoms with Crippen LogP contribution in [0.25, 0.3) is 6.08 Å². The summed E-state index contributed by atoms with van der Waals surface area (Å²) in [6.45, 7) is 3.61. The molecule has 9 heteroatoms. The smallest absolute Gasteiger partial charge is 0.326 e. The molecule has 1 heterocycles. The van der Waals surface area contributed by atoms with E-state index in [-0.39, 0.29) is 36.5 Å². The molecule has 3 rings (SSSR count). The number of carbonyl (C=O) groups excluding carboxylic acids is 2. The van der Waals surface area contributed by atoms with Crippen LogP contribution in [0.15, 0.2) is 54.6 Å². The quantitative estimate of drug-likeness (QED) is 0.655. The van der Waals surface area contributed by atoms with Crippen LogP contribution in [-0.2, 0) is 26.4 Å². The first-order valence-electron chi connectivity index (χ1n) is 9.37. The van der Waals surface area contributed by atoms with Crippen molar-refractivity contribution in [2.24, 2.45) is 0 Å². The minimum Gasteiger partial charge on any atom is -0.487 e. The van der Waals surface area contributed by atoms with Gasteiger partial charge in [0.1, 0.15) is 18.9 Å². The third kappa shape index (κ3) is 5.38. The summed E-state index contributed by atoms with van der Waals surface area (Å²) in [5, 5.41) is 2.76. The lowest BCUT2D eigenvalue weighted by Gasteiger charge is -2.19. The molecule has 0 saturated carbocycles. The summed E-state index contributed by atoms with van der Waals surface area (Å²) < 4.78 is 33.4. The van der Waals surface area contributed by atoms with Crippen LogP contribution in [0, 0.1) is 0 Å². The molecule has 0 radical (unpaired) electrons. The van der Waals surface area contributed by atoms with E-state index in [1.165, 1.54) is 6.08 Å². The maximum atomic E-state index is 12.3. The Morgan fingerprint density at radius 1 is 1.23 bits per heavy atom. The van der Waals surface area contributed by atoms with Crippen molar-refractivity contribution in [3.05, 3.63) is 65.7 Å². The van der Waals surface area contributed by atoms with Gasteiger partial charge in [-0.2, -0.15) is 8.42 Å². The zero-order valence-corrected chi connectivity index (χ0v) is 17.5. The summed E-state index contributed by atoms with van der Waals surface area (Å²) in [7, 11) is -3.98. The summed E-state index contributed by atoms with van der Waals surface area (Å²) in [5.41, 5.74) is 1.80. The fraction of sp³-hybridized carbons (Fsp3) is 0.238. The van der Waals surface area contributed by atoms with Gasteiger partial charge in [0, 0.05) is 12.1 Å². The minimum absolute atomic E-state index is 0.0136. The third-order valence-electron chi connectivity index (χ3n) is 4.17. The topological polar surface area (TPSA) is 105 Å². The van der Waals surface area contributed by atoms with Crippen molar-refractivity contribution < 1.29 is 22.7 Å². The largest absolute Gasteiger partial charge is 0.487 e. The van der Waals surface area contributed by atoms with Gasteiger partial charge in [-0.25, -0.2) is 9.03 Å². The molecule has 2 amide bonds. The number of amides is 2. The number of hydrogen-bond acceptors (Lipinski definition) is 5. The molecule has 1 fully saturated rings. The van der Waals surface area contributed by atoms with Crippen molar-refractivity contribution in [2.45, 2.75) is 26.5 Å². The average molecular weight is 429 g/mol. The molecule has 1 aliphatic heterocycles. The van der Waals surface area contributed by atoms with Crippen molar-refractivity contribution in [3.8, 4) is 5.75 Å². The van der Waals surface area contributed by atoms with Crippen molar-refractivity contribution in [2.75, 3.05) is 10.8 Å². The molecule has 0 aliphatic carbocycles. The van der Waals surface area contributed by atoms with Gasteiger partial charge in [0.05, 0.1) is 5.69 Å². The Morgan fingerprint density at radius 2 is 1.97 bits per heavy atom. The third-order valence-corrected chi connectivity index (χ3v) is 5.56. The lowest BCUT2D eigenvalue weighted by Crippen LogP contribution is -2.29. The second-order valence-electron chi connectivity index (χ2n) is 7.03. The van der Waals surface area contributed by atoms with E-state index in [0.29, 0.717) is 5.56 Å². The van der Waals surface area contributed by atoms with Crippen molar-refractivity contribution in [3.63, 3.8) is 0 Å². The van der Waals surface area contributed by atoms with Gasteiger partial charge in [-0.1, -0.05) is 36.4 Å². The molecule has 0 bridgehead atoms. The monoisotopic (exact) mass is 429 g/mol. The molecule has 2 aromatic rings. The fourth-order valence-corrected chi connectivity index (χ4v) is 4.02. The van der Waals surface area contributed by atoms with Gasteiger partial charge in [-0.15, -0.1) is 0 Å². The molecular formula is C21H23N3O5S. The predicted octanol–water partition coefficient (Wildman–Crippen LogP) is 1.98. The number of benzene rings is 2. The second-order valence-corrected chi connectivity index (χ2v) is 8.63. The van der Waals surface area contributed by atoms with E-state index in [0.717, 1.165) is 9.87 Å². The molecular weight excluding hydrogens is 406 g/mol. The van der Waals surface area contributed by atoms with E-state index in [4.69, 9.17) is 4.74 Å². The van der Waals surface area contributed by atoms with Crippen LogP contribution in [0.5, 0.6) is 5.75 Å². The summed E-state index contributed by atoms with van der Waals surface area (Å²) in [5.74, 6) is -0.568. The van der Waals surface area contributed by atoms with Gasteiger partial charge in [-0.05, 0) is 43.2 Å². The van der Waals surface area contributed by atoms with Gasteiger partial charge in [0.2, 0.25) is 5.91 Å². The highest BCUT2D eigenvalue weighted by molar-refractivity contribution is 7.92. The first-order chi connectivity index (χ1) is 14.2. The lowest BCUT2D eigenvalue weighted by molar-refractivity contribution is -0.118. The summed E-state index contributed by atoms with van der Waals surface area (Å²) in [6.07, 6.45) is 3.01. The number of ether oxygens (including phenoxy) is 1. The van der Waals surface area contributed by atoms with Gasteiger partial charge < -0.3 is 10.1 Å². The van der Waals surface area contributed by atoms with Gasteiger partial charge in [-0.3, -0.25) is 9.59 Å². The van der Waals surface area contributed by atoms with Gasteiger partial charge in [0.15, 0.2) is 0 Å². The molecule has 0 unspecified atom stereocenters. The van der Waals surface area contributed by atoms with Gasteiger partial charge >= 0.3 is 10.2 Å². The minimum atomic E-state index is -3.98. The predicted molar refractivity (Wildman–Crippen MR) is 114 cm³/mol. The highest BCUT2D eigenvalue weighted by atomic mass is 32.2. The van der Waals surface area contributed by atoms with E-state index < -0.39 is 16.1 Å². The van der Waals surface area contributed by atoms with Crippen LogP contribution in [0.2, 0.25) is 0 Å². The number of anilines is 1. The number of carbonyl (C=O) groups is 2. The Kier molecular flexibility index (Phi) is 6.41. The van der Waals surface area contributed by atoms with Crippen LogP contribution in [0.3, 0.4) is 0 Å². The normalized spacial score (nSPS) is 15.4. The van der Waals surface area contributed by atoms with Crippen molar-refractivity contribution >= 4 is 33.8 Å². The Hall–Kier alpha value is -3.33. The molecule has 30 heavy (non-hydrogen) atoms. The first kappa shape index (κ1) is 21.4. The Morgan fingerprint density at radius 3 is 2.60 bits per heavy atom. The lowest BCUT2D eigenvalue weighted by atomic mass is 10.1. The van der Waals surface area contributed by atoms with Crippen LogP contribution < -0.4 is 19.1 Å². The molecule has 0 spiro atoms. The van der Waals surface area contributed by atoms with E-state index in [9.17, 15) is 18.0 Å². The number of rotatable bonds is 7. The van der Waals surface area contributed by atoms with E-state index in [1.807, 2.05) is 48.9 Å². The zero-order chi connectivity index (χ0) is 21.7.